The number of aryl methyl sites for hydroxylation is 2. The lowest BCUT2D eigenvalue weighted by Crippen LogP contribution is -2.31. The van der Waals surface area contributed by atoms with Crippen LogP contribution in [-0.2, 0) is 19.9 Å². The number of nitrogens with two attached hydrogens (primary N) is 1. The highest BCUT2D eigenvalue weighted by molar-refractivity contribution is 5.17. The summed E-state index contributed by atoms with van der Waals surface area (Å²) in [7, 11) is 2.06. The molecule has 3 nitrogen and oxygen atoms in total. The zero-order chi connectivity index (χ0) is 9.42. The molecule has 0 aliphatic heterocycles. The molecule has 1 heterocycles. The molecular formula is C10H17N3. The van der Waals surface area contributed by atoms with Gasteiger partial charge in [-0.1, -0.05) is 0 Å². The van der Waals surface area contributed by atoms with Crippen molar-refractivity contribution in [1.82, 2.24) is 9.55 Å². The van der Waals surface area contributed by atoms with E-state index in [9.17, 15) is 0 Å². The van der Waals surface area contributed by atoms with E-state index in [0.717, 1.165) is 12.8 Å². The van der Waals surface area contributed by atoms with Gasteiger partial charge in [0.25, 0.3) is 0 Å². The Balaban J connectivity index is 2.22. The van der Waals surface area contributed by atoms with Gasteiger partial charge >= 0.3 is 0 Å². The number of hydrogen-bond acceptors (Lipinski definition) is 2. The first-order valence-corrected chi connectivity index (χ1v) is 4.93. The van der Waals surface area contributed by atoms with Crippen molar-refractivity contribution in [2.75, 3.05) is 0 Å². The van der Waals surface area contributed by atoms with Crippen molar-refractivity contribution in [2.45, 2.75) is 32.2 Å². The van der Waals surface area contributed by atoms with E-state index in [1.54, 1.807) is 0 Å². The standard InChI is InChI=1S/C10H17N3/c1-7(11)8-3-4-9-10(5-8)13(2)6-12-9/h6-8H,3-5,11H2,1-2H3. The van der Waals surface area contributed by atoms with Crippen molar-refractivity contribution < 1.29 is 0 Å². The van der Waals surface area contributed by atoms with Crippen LogP contribution >= 0.6 is 0 Å². The maximum Gasteiger partial charge on any atom is 0.0949 e. The van der Waals surface area contributed by atoms with Gasteiger partial charge in [-0.3, -0.25) is 0 Å². The predicted molar refractivity (Wildman–Crippen MR) is 52.4 cm³/mol. The Morgan fingerprint density at radius 2 is 2.46 bits per heavy atom. The van der Waals surface area contributed by atoms with Crippen LogP contribution in [0.15, 0.2) is 6.33 Å². The SMILES string of the molecule is CC(N)C1CCc2ncn(C)c2C1. The van der Waals surface area contributed by atoms with Crippen LogP contribution in [0, 0.1) is 5.92 Å². The van der Waals surface area contributed by atoms with E-state index in [1.165, 1.54) is 17.8 Å². The summed E-state index contributed by atoms with van der Waals surface area (Å²) >= 11 is 0. The third-order valence-electron chi connectivity index (χ3n) is 3.10. The zero-order valence-corrected chi connectivity index (χ0v) is 8.33. The average Bonchev–Trinajstić information content (AvgIpc) is 2.47. The van der Waals surface area contributed by atoms with Crippen LogP contribution < -0.4 is 5.73 Å². The van der Waals surface area contributed by atoms with E-state index >= 15 is 0 Å². The molecule has 1 aromatic rings. The molecule has 0 saturated carbocycles. The lowest BCUT2D eigenvalue weighted by molar-refractivity contribution is 0.383. The maximum absolute atomic E-state index is 5.91. The first-order valence-electron chi connectivity index (χ1n) is 4.93. The van der Waals surface area contributed by atoms with Crippen molar-refractivity contribution in [2.24, 2.45) is 18.7 Å². The van der Waals surface area contributed by atoms with E-state index in [-0.39, 0.29) is 0 Å². The number of aromatic nitrogens is 2. The lowest BCUT2D eigenvalue weighted by atomic mass is 9.85. The summed E-state index contributed by atoms with van der Waals surface area (Å²) in [6.07, 6.45) is 5.31. The Hall–Kier alpha value is -0.830. The Morgan fingerprint density at radius 3 is 3.15 bits per heavy atom. The molecule has 72 valence electrons. The van der Waals surface area contributed by atoms with Gasteiger partial charge in [-0.15, -0.1) is 0 Å². The fourth-order valence-corrected chi connectivity index (χ4v) is 2.10. The van der Waals surface area contributed by atoms with Crippen LogP contribution in [0.1, 0.15) is 24.7 Å². The van der Waals surface area contributed by atoms with Gasteiger partial charge in [-0.25, -0.2) is 4.98 Å². The summed E-state index contributed by atoms with van der Waals surface area (Å²) in [5.74, 6) is 0.642. The summed E-state index contributed by atoms with van der Waals surface area (Å²) in [4.78, 5) is 4.37. The molecule has 0 bridgehead atoms. The minimum atomic E-state index is 0.308. The topological polar surface area (TPSA) is 43.8 Å². The minimum Gasteiger partial charge on any atom is -0.337 e. The Kier molecular flexibility index (Phi) is 2.12. The van der Waals surface area contributed by atoms with Gasteiger partial charge in [0, 0.05) is 18.8 Å². The Bertz CT molecular complexity index is 301. The molecule has 2 unspecified atom stereocenters. The third kappa shape index (κ3) is 1.48. The van der Waals surface area contributed by atoms with Crippen molar-refractivity contribution in [3.63, 3.8) is 0 Å². The van der Waals surface area contributed by atoms with E-state index in [2.05, 4.69) is 23.5 Å². The fraction of sp³-hybridized carbons (Fsp3) is 0.700. The van der Waals surface area contributed by atoms with Crippen molar-refractivity contribution in [1.29, 1.82) is 0 Å². The highest BCUT2D eigenvalue weighted by Crippen LogP contribution is 2.25. The summed E-state index contributed by atoms with van der Waals surface area (Å²) in [6.45, 7) is 2.10. The van der Waals surface area contributed by atoms with Crippen LogP contribution in [0.25, 0.3) is 0 Å². The number of fused-ring (bicyclic) bond motifs is 1. The second-order valence-corrected chi connectivity index (χ2v) is 4.11. The molecule has 0 amide bonds. The first kappa shape index (κ1) is 8.75. The predicted octanol–water partition coefficient (Wildman–Crippen LogP) is 0.872. The van der Waals surface area contributed by atoms with Crippen molar-refractivity contribution in [3.05, 3.63) is 17.7 Å². The van der Waals surface area contributed by atoms with Crippen LogP contribution in [0.4, 0.5) is 0 Å². The van der Waals surface area contributed by atoms with Crippen LogP contribution in [0.2, 0.25) is 0 Å². The summed E-state index contributed by atoms with van der Waals surface area (Å²) in [6, 6.07) is 0.308. The second-order valence-electron chi connectivity index (χ2n) is 4.11. The number of imidazole rings is 1. The van der Waals surface area contributed by atoms with Gasteiger partial charge in [-0.2, -0.15) is 0 Å². The zero-order valence-electron chi connectivity index (χ0n) is 8.33. The first-order chi connectivity index (χ1) is 6.18. The largest absolute Gasteiger partial charge is 0.337 e. The molecular weight excluding hydrogens is 162 g/mol. The van der Waals surface area contributed by atoms with E-state index < -0.39 is 0 Å². The molecule has 0 fully saturated rings. The molecule has 1 aliphatic carbocycles. The fourth-order valence-electron chi connectivity index (χ4n) is 2.10. The van der Waals surface area contributed by atoms with Crippen molar-refractivity contribution in [3.8, 4) is 0 Å². The van der Waals surface area contributed by atoms with Crippen LogP contribution in [0.3, 0.4) is 0 Å². The van der Waals surface area contributed by atoms with Gasteiger partial charge in [0.05, 0.1) is 12.0 Å². The van der Waals surface area contributed by atoms with E-state index in [4.69, 9.17) is 5.73 Å². The number of nitrogens with zero attached hydrogens (tertiary/aromatic N) is 2. The summed E-state index contributed by atoms with van der Waals surface area (Å²) in [5, 5.41) is 0. The molecule has 3 heteroatoms. The van der Waals surface area contributed by atoms with E-state index in [1.807, 2.05) is 6.33 Å². The molecule has 0 saturated heterocycles. The number of rotatable bonds is 1. The monoisotopic (exact) mass is 179 g/mol. The third-order valence-corrected chi connectivity index (χ3v) is 3.10. The molecule has 13 heavy (non-hydrogen) atoms. The lowest BCUT2D eigenvalue weighted by Gasteiger charge is -2.25. The molecule has 2 atom stereocenters. The van der Waals surface area contributed by atoms with Gasteiger partial charge in [0.1, 0.15) is 0 Å². The number of hydrogen-bond donors (Lipinski definition) is 1. The van der Waals surface area contributed by atoms with Crippen LogP contribution in [-0.4, -0.2) is 15.6 Å². The summed E-state index contributed by atoms with van der Waals surface area (Å²) < 4.78 is 2.13. The van der Waals surface area contributed by atoms with Gasteiger partial charge in [0.2, 0.25) is 0 Å². The van der Waals surface area contributed by atoms with Gasteiger partial charge in [0.15, 0.2) is 0 Å². The molecule has 0 aromatic carbocycles. The molecule has 1 aromatic heterocycles. The maximum atomic E-state index is 5.91. The molecule has 2 rings (SSSR count). The van der Waals surface area contributed by atoms with Gasteiger partial charge < -0.3 is 10.3 Å². The Labute approximate surface area is 79.0 Å². The van der Waals surface area contributed by atoms with E-state index in [0.29, 0.717) is 12.0 Å². The van der Waals surface area contributed by atoms with Crippen LogP contribution in [0.5, 0.6) is 0 Å². The molecule has 2 N–H and O–H groups in total. The minimum absolute atomic E-state index is 0.308. The quantitative estimate of drug-likeness (QED) is 0.695. The second kappa shape index (κ2) is 3.14. The highest BCUT2D eigenvalue weighted by Gasteiger charge is 2.23. The highest BCUT2D eigenvalue weighted by atomic mass is 15.0. The van der Waals surface area contributed by atoms with Gasteiger partial charge in [-0.05, 0) is 32.1 Å². The Morgan fingerprint density at radius 1 is 1.69 bits per heavy atom. The average molecular weight is 179 g/mol. The van der Waals surface area contributed by atoms with Crippen molar-refractivity contribution >= 4 is 0 Å². The molecule has 0 radical (unpaired) electrons. The normalized spacial score (nSPS) is 24.1. The smallest absolute Gasteiger partial charge is 0.0949 e. The molecule has 1 aliphatic rings. The molecule has 0 spiro atoms. The summed E-state index contributed by atoms with van der Waals surface area (Å²) in [5.41, 5.74) is 8.57.